The van der Waals surface area contributed by atoms with E-state index in [4.69, 9.17) is 0 Å². The van der Waals surface area contributed by atoms with Gasteiger partial charge in [0.15, 0.2) is 5.78 Å². The van der Waals surface area contributed by atoms with Gasteiger partial charge in [0.1, 0.15) is 18.0 Å². The first-order valence-corrected chi connectivity index (χ1v) is 10.3. The van der Waals surface area contributed by atoms with E-state index in [-0.39, 0.29) is 30.3 Å². The van der Waals surface area contributed by atoms with Crippen molar-refractivity contribution in [1.29, 1.82) is 0 Å². The quantitative estimate of drug-likeness (QED) is 0.573. The van der Waals surface area contributed by atoms with Crippen molar-refractivity contribution in [3.8, 4) is 11.3 Å². The molecule has 2 aromatic carbocycles. The van der Waals surface area contributed by atoms with E-state index < -0.39 is 0 Å². The summed E-state index contributed by atoms with van der Waals surface area (Å²) >= 11 is 0. The maximum absolute atomic E-state index is 13.2. The third-order valence-electron chi connectivity index (χ3n) is 5.41. The molecule has 2 heterocycles. The second kappa shape index (κ2) is 9.47. The van der Waals surface area contributed by atoms with Crippen LogP contribution in [0.1, 0.15) is 23.2 Å². The van der Waals surface area contributed by atoms with Gasteiger partial charge in [-0.2, -0.15) is 0 Å². The molecule has 0 N–H and O–H groups in total. The first-order valence-electron chi connectivity index (χ1n) is 10.3. The average Bonchev–Trinajstić information content (AvgIpc) is 2.83. The zero-order valence-corrected chi connectivity index (χ0v) is 17.1. The van der Waals surface area contributed by atoms with Crippen LogP contribution < -0.4 is 4.90 Å². The Morgan fingerprint density at radius 2 is 1.58 bits per heavy atom. The molecular weight excluding hydrogens is 395 g/mol. The van der Waals surface area contributed by atoms with Gasteiger partial charge < -0.3 is 9.80 Å². The van der Waals surface area contributed by atoms with Crippen molar-refractivity contribution in [3.05, 3.63) is 78.4 Å². The van der Waals surface area contributed by atoms with Gasteiger partial charge in [-0.1, -0.05) is 30.3 Å². The topological polar surface area (TPSA) is 66.4 Å². The van der Waals surface area contributed by atoms with Gasteiger partial charge in [-0.3, -0.25) is 9.59 Å². The van der Waals surface area contributed by atoms with Gasteiger partial charge in [0.25, 0.3) is 0 Å². The number of amides is 1. The second-order valence-corrected chi connectivity index (χ2v) is 7.43. The Labute approximate surface area is 180 Å². The third-order valence-corrected chi connectivity index (χ3v) is 5.41. The number of rotatable bonds is 6. The fourth-order valence-electron chi connectivity index (χ4n) is 3.63. The fraction of sp³-hybridized carbons (Fsp3) is 0.250. The number of carbonyl (C=O) groups is 2. The third kappa shape index (κ3) is 5.12. The number of hydrogen-bond donors (Lipinski definition) is 0. The lowest BCUT2D eigenvalue weighted by Crippen LogP contribution is -2.49. The van der Waals surface area contributed by atoms with E-state index in [1.54, 1.807) is 29.2 Å². The number of benzene rings is 2. The van der Waals surface area contributed by atoms with Crippen molar-refractivity contribution in [2.24, 2.45) is 0 Å². The lowest BCUT2D eigenvalue weighted by molar-refractivity contribution is -0.131. The van der Waals surface area contributed by atoms with E-state index in [1.165, 1.54) is 18.5 Å². The number of piperazine rings is 1. The molecule has 1 aromatic heterocycles. The van der Waals surface area contributed by atoms with Crippen molar-refractivity contribution in [1.82, 2.24) is 14.9 Å². The summed E-state index contributed by atoms with van der Waals surface area (Å²) in [6.45, 7) is 2.46. The Balaban J connectivity index is 1.31. The van der Waals surface area contributed by atoms with Gasteiger partial charge >= 0.3 is 0 Å². The number of anilines is 1. The molecule has 7 heteroatoms. The number of ketones is 1. The minimum absolute atomic E-state index is 0.00128. The Hall–Kier alpha value is -3.61. The highest BCUT2D eigenvalue weighted by molar-refractivity contribution is 5.97. The van der Waals surface area contributed by atoms with E-state index in [9.17, 15) is 14.0 Å². The SMILES string of the molecule is O=C(CCC(=O)N1CCN(c2cc(-c3ccc(F)cc3)ncn2)CC1)c1ccccc1. The maximum atomic E-state index is 13.2. The van der Waals surface area contributed by atoms with Crippen LogP contribution in [0, 0.1) is 5.82 Å². The van der Waals surface area contributed by atoms with Crippen LogP contribution in [0.4, 0.5) is 10.2 Å². The van der Waals surface area contributed by atoms with Crippen LogP contribution in [0.25, 0.3) is 11.3 Å². The van der Waals surface area contributed by atoms with Gasteiger partial charge in [-0.25, -0.2) is 14.4 Å². The molecule has 0 saturated carbocycles. The van der Waals surface area contributed by atoms with Crippen LogP contribution in [0.15, 0.2) is 67.0 Å². The van der Waals surface area contributed by atoms with E-state index in [1.807, 2.05) is 24.3 Å². The molecule has 0 unspecified atom stereocenters. The first kappa shape index (κ1) is 20.7. The van der Waals surface area contributed by atoms with Crippen LogP contribution in [0.3, 0.4) is 0 Å². The summed E-state index contributed by atoms with van der Waals surface area (Å²) in [6.07, 6.45) is 1.94. The van der Waals surface area contributed by atoms with Gasteiger partial charge in [0, 0.05) is 56.2 Å². The highest BCUT2D eigenvalue weighted by atomic mass is 19.1. The van der Waals surface area contributed by atoms with Crippen LogP contribution in [-0.2, 0) is 4.79 Å². The van der Waals surface area contributed by atoms with Crippen molar-refractivity contribution in [2.75, 3.05) is 31.1 Å². The van der Waals surface area contributed by atoms with Crippen molar-refractivity contribution >= 4 is 17.5 Å². The molecule has 3 aromatic rings. The molecule has 1 aliphatic heterocycles. The van der Waals surface area contributed by atoms with Crippen LogP contribution in [-0.4, -0.2) is 52.7 Å². The molecule has 6 nitrogen and oxygen atoms in total. The summed E-state index contributed by atoms with van der Waals surface area (Å²) in [7, 11) is 0. The molecule has 4 rings (SSSR count). The number of carbonyl (C=O) groups excluding carboxylic acids is 2. The minimum atomic E-state index is -0.288. The minimum Gasteiger partial charge on any atom is -0.353 e. The summed E-state index contributed by atoms with van der Waals surface area (Å²) in [5.41, 5.74) is 2.19. The van der Waals surface area contributed by atoms with Crippen LogP contribution in [0.2, 0.25) is 0 Å². The molecule has 0 radical (unpaired) electrons. The van der Waals surface area contributed by atoms with Crippen molar-refractivity contribution in [2.45, 2.75) is 12.8 Å². The summed E-state index contributed by atoms with van der Waals surface area (Å²) in [6, 6.07) is 17.1. The van der Waals surface area contributed by atoms with E-state index in [2.05, 4.69) is 14.9 Å². The second-order valence-electron chi connectivity index (χ2n) is 7.43. The molecule has 1 fully saturated rings. The highest BCUT2D eigenvalue weighted by Gasteiger charge is 2.22. The van der Waals surface area contributed by atoms with Gasteiger partial charge in [-0.05, 0) is 24.3 Å². The van der Waals surface area contributed by atoms with Gasteiger partial charge in [0.2, 0.25) is 5.91 Å². The zero-order chi connectivity index (χ0) is 21.6. The number of nitrogens with zero attached hydrogens (tertiary/aromatic N) is 4. The first-order chi connectivity index (χ1) is 15.1. The lowest BCUT2D eigenvalue weighted by atomic mass is 10.1. The van der Waals surface area contributed by atoms with Crippen LogP contribution >= 0.6 is 0 Å². The molecular formula is C24H23FN4O2. The van der Waals surface area contributed by atoms with E-state index >= 15 is 0 Å². The number of aromatic nitrogens is 2. The van der Waals surface area contributed by atoms with E-state index in [0.717, 1.165) is 17.1 Å². The molecule has 1 aliphatic rings. The standard InChI is InChI=1S/C24H23FN4O2/c25-20-8-6-18(7-9-20)21-16-23(27-17-26-21)28-12-14-29(15-13-28)24(31)11-10-22(30)19-4-2-1-3-5-19/h1-9,16-17H,10-15H2. The molecule has 158 valence electrons. The predicted octanol–water partition coefficient (Wildman–Crippen LogP) is 3.59. The normalized spacial score (nSPS) is 13.8. The average molecular weight is 418 g/mol. The molecule has 31 heavy (non-hydrogen) atoms. The molecule has 0 bridgehead atoms. The molecule has 1 amide bonds. The Bertz CT molecular complexity index is 1050. The molecule has 0 spiro atoms. The summed E-state index contributed by atoms with van der Waals surface area (Å²) in [5, 5.41) is 0. The van der Waals surface area contributed by atoms with Crippen molar-refractivity contribution in [3.63, 3.8) is 0 Å². The fourth-order valence-corrected chi connectivity index (χ4v) is 3.63. The molecule has 0 atom stereocenters. The Morgan fingerprint density at radius 3 is 2.29 bits per heavy atom. The predicted molar refractivity (Wildman–Crippen MR) is 116 cm³/mol. The monoisotopic (exact) mass is 418 g/mol. The van der Waals surface area contributed by atoms with Crippen LogP contribution in [0.5, 0.6) is 0 Å². The zero-order valence-electron chi connectivity index (χ0n) is 17.1. The molecule has 0 aliphatic carbocycles. The number of halogens is 1. The molecule has 1 saturated heterocycles. The summed E-state index contributed by atoms with van der Waals surface area (Å²) in [4.78, 5) is 37.3. The van der Waals surface area contributed by atoms with E-state index in [0.29, 0.717) is 31.7 Å². The smallest absolute Gasteiger partial charge is 0.223 e. The van der Waals surface area contributed by atoms with Gasteiger partial charge in [-0.15, -0.1) is 0 Å². The Kier molecular flexibility index (Phi) is 6.31. The largest absolute Gasteiger partial charge is 0.353 e. The number of Topliss-reactive ketones (excluding diaryl/α,β-unsaturated/α-hetero) is 1. The summed E-state index contributed by atoms with van der Waals surface area (Å²) < 4.78 is 13.2. The summed E-state index contributed by atoms with van der Waals surface area (Å²) in [5.74, 6) is 0.477. The Morgan fingerprint density at radius 1 is 0.871 bits per heavy atom. The number of hydrogen-bond acceptors (Lipinski definition) is 5. The lowest BCUT2D eigenvalue weighted by Gasteiger charge is -2.35. The maximum Gasteiger partial charge on any atom is 0.223 e. The highest BCUT2D eigenvalue weighted by Crippen LogP contribution is 2.22. The van der Waals surface area contributed by atoms with Gasteiger partial charge in [0.05, 0.1) is 5.69 Å². The van der Waals surface area contributed by atoms with Crippen molar-refractivity contribution < 1.29 is 14.0 Å².